The van der Waals surface area contributed by atoms with Crippen LogP contribution >= 0.6 is 0 Å². The van der Waals surface area contributed by atoms with Crippen LogP contribution in [0.2, 0.25) is 0 Å². The summed E-state index contributed by atoms with van der Waals surface area (Å²) in [4.78, 5) is 23.1. The molecule has 2 atom stereocenters. The highest BCUT2D eigenvalue weighted by Crippen LogP contribution is 2.32. The first-order valence-electron chi connectivity index (χ1n) is 6.88. The first-order valence-corrected chi connectivity index (χ1v) is 6.88. The zero-order valence-electron chi connectivity index (χ0n) is 11.6. The number of fused-ring (bicyclic) bond motifs is 1. The van der Waals surface area contributed by atoms with E-state index in [1.54, 1.807) is 0 Å². The average molecular weight is 291 g/mol. The Morgan fingerprint density at radius 3 is 2.81 bits per heavy atom. The van der Waals surface area contributed by atoms with Crippen LogP contribution in [0.5, 0.6) is 11.5 Å². The molecule has 0 bridgehead atoms. The van der Waals surface area contributed by atoms with Gasteiger partial charge in [-0.2, -0.15) is 0 Å². The third kappa shape index (κ3) is 2.86. The summed E-state index contributed by atoms with van der Waals surface area (Å²) in [7, 11) is 0. The van der Waals surface area contributed by atoms with Gasteiger partial charge >= 0.3 is 6.03 Å². The van der Waals surface area contributed by atoms with Gasteiger partial charge in [-0.05, 0) is 24.6 Å². The van der Waals surface area contributed by atoms with E-state index >= 15 is 0 Å². The lowest BCUT2D eigenvalue weighted by Crippen LogP contribution is -2.43. The molecule has 3 amide bonds. The van der Waals surface area contributed by atoms with Crippen LogP contribution in [0, 0.1) is 0 Å². The molecule has 0 saturated carbocycles. The van der Waals surface area contributed by atoms with E-state index in [0.29, 0.717) is 25.5 Å². The van der Waals surface area contributed by atoms with E-state index in [1.165, 1.54) is 0 Å². The van der Waals surface area contributed by atoms with Crippen molar-refractivity contribution in [3.05, 3.63) is 23.8 Å². The normalized spacial score (nSPS) is 21.2. The lowest BCUT2D eigenvalue weighted by atomic mass is 10.1. The maximum atomic E-state index is 12.0. The molecule has 3 N–H and O–H groups in total. The van der Waals surface area contributed by atoms with Crippen molar-refractivity contribution in [3.63, 3.8) is 0 Å². The van der Waals surface area contributed by atoms with Crippen LogP contribution in [-0.4, -0.2) is 37.7 Å². The van der Waals surface area contributed by atoms with Crippen LogP contribution in [0.1, 0.15) is 18.5 Å². The maximum Gasteiger partial charge on any atom is 0.315 e. The third-order valence-corrected chi connectivity index (χ3v) is 3.51. The molecule has 0 aromatic heterocycles. The Bertz CT molecular complexity index is 575. The molecular formula is C14H17N3O4. The van der Waals surface area contributed by atoms with E-state index in [2.05, 4.69) is 16.0 Å². The molecule has 2 heterocycles. The minimum atomic E-state index is -0.530. The Hall–Kier alpha value is -2.44. The molecule has 0 aliphatic carbocycles. The van der Waals surface area contributed by atoms with E-state index in [-0.39, 0.29) is 18.0 Å². The second-order valence-corrected chi connectivity index (χ2v) is 5.04. The molecule has 7 heteroatoms. The van der Waals surface area contributed by atoms with Gasteiger partial charge in [0.1, 0.15) is 19.3 Å². The second kappa shape index (κ2) is 5.51. The average Bonchev–Trinajstić information content (AvgIpc) is 2.93. The molecule has 0 radical (unpaired) electrons. The molecule has 2 aliphatic heterocycles. The fraction of sp³-hybridized carbons (Fsp3) is 0.429. The number of ether oxygens (including phenoxy) is 2. The molecule has 0 spiro atoms. The molecule has 1 fully saturated rings. The summed E-state index contributed by atoms with van der Waals surface area (Å²) >= 11 is 0. The van der Waals surface area contributed by atoms with Gasteiger partial charge in [0, 0.05) is 6.54 Å². The van der Waals surface area contributed by atoms with Crippen molar-refractivity contribution in [2.24, 2.45) is 0 Å². The molecule has 112 valence electrons. The Morgan fingerprint density at radius 2 is 2.10 bits per heavy atom. The smallest absolute Gasteiger partial charge is 0.315 e. The molecule has 21 heavy (non-hydrogen) atoms. The van der Waals surface area contributed by atoms with Crippen LogP contribution in [0.15, 0.2) is 18.2 Å². The van der Waals surface area contributed by atoms with Crippen molar-refractivity contribution < 1.29 is 19.1 Å². The van der Waals surface area contributed by atoms with E-state index < -0.39 is 6.04 Å². The SMILES string of the molecule is C[C@@H](NC(=O)[C@@H]1CNC(=O)N1)c1ccc2c(c1)OCCO2. The van der Waals surface area contributed by atoms with Gasteiger partial charge in [-0.1, -0.05) is 6.07 Å². The van der Waals surface area contributed by atoms with Crippen molar-refractivity contribution in [2.75, 3.05) is 19.8 Å². The highest BCUT2D eigenvalue weighted by atomic mass is 16.6. The Labute approximate surface area is 122 Å². The fourth-order valence-electron chi connectivity index (χ4n) is 2.34. The van der Waals surface area contributed by atoms with Crippen molar-refractivity contribution in [3.8, 4) is 11.5 Å². The molecular weight excluding hydrogens is 274 g/mol. The largest absolute Gasteiger partial charge is 0.486 e. The number of rotatable bonds is 3. The molecule has 1 aromatic carbocycles. The van der Waals surface area contributed by atoms with Crippen LogP contribution in [0.25, 0.3) is 0 Å². The highest BCUT2D eigenvalue weighted by Gasteiger charge is 2.27. The Morgan fingerprint density at radius 1 is 1.33 bits per heavy atom. The number of amides is 3. The molecule has 1 saturated heterocycles. The standard InChI is InChI=1S/C14H17N3O4/c1-8(16-13(18)10-7-15-14(19)17-10)9-2-3-11-12(6-9)21-5-4-20-11/h2-3,6,8,10H,4-5,7H2,1H3,(H,16,18)(H2,15,17,19)/t8-,10+/m1/s1. The maximum absolute atomic E-state index is 12.0. The lowest BCUT2D eigenvalue weighted by molar-refractivity contribution is -0.123. The first kappa shape index (κ1) is 13.5. The zero-order valence-corrected chi connectivity index (χ0v) is 11.6. The number of hydrogen-bond donors (Lipinski definition) is 3. The van der Waals surface area contributed by atoms with Gasteiger partial charge in [0.25, 0.3) is 0 Å². The van der Waals surface area contributed by atoms with Gasteiger partial charge < -0.3 is 25.4 Å². The molecule has 0 unspecified atom stereocenters. The quantitative estimate of drug-likeness (QED) is 0.748. The van der Waals surface area contributed by atoms with Crippen molar-refractivity contribution in [2.45, 2.75) is 19.0 Å². The zero-order chi connectivity index (χ0) is 14.8. The third-order valence-electron chi connectivity index (χ3n) is 3.51. The minimum absolute atomic E-state index is 0.189. The van der Waals surface area contributed by atoms with Crippen LogP contribution in [0.4, 0.5) is 4.79 Å². The minimum Gasteiger partial charge on any atom is -0.486 e. The van der Waals surface area contributed by atoms with Crippen LogP contribution in [0.3, 0.4) is 0 Å². The topological polar surface area (TPSA) is 88.7 Å². The van der Waals surface area contributed by atoms with E-state index in [9.17, 15) is 9.59 Å². The van der Waals surface area contributed by atoms with Gasteiger partial charge in [0.05, 0.1) is 6.04 Å². The number of benzene rings is 1. The molecule has 7 nitrogen and oxygen atoms in total. The summed E-state index contributed by atoms with van der Waals surface area (Å²) in [6.07, 6.45) is 0. The van der Waals surface area contributed by atoms with E-state index in [4.69, 9.17) is 9.47 Å². The summed E-state index contributed by atoms with van der Waals surface area (Å²) in [6.45, 7) is 3.26. The summed E-state index contributed by atoms with van der Waals surface area (Å²) in [5.41, 5.74) is 0.921. The summed E-state index contributed by atoms with van der Waals surface area (Å²) in [6, 6.07) is 4.56. The number of carbonyl (C=O) groups excluding carboxylic acids is 2. The summed E-state index contributed by atoms with van der Waals surface area (Å²) < 4.78 is 11.0. The van der Waals surface area contributed by atoms with Crippen LogP contribution in [-0.2, 0) is 4.79 Å². The van der Waals surface area contributed by atoms with Crippen molar-refractivity contribution in [1.82, 2.24) is 16.0 Å². The fourth-order valence-corrected chi connectivity index (χ4v) is 2.34. The van der Waals surface area contributed by atoms with Gasteiger partial charge in [0.15, 0.2) is 11.5 Å². The van der Waals surface area contributed by atoms with Crippen molar-refractivity contribution >= 4 is 11.9 Å². The Balaban J connectivity index is 1.66. The lowest BCUT2D eigenvalue weighted by Gasteiger charge is -2.21. The van der Waals surface area contributed by atoms with E-state index in [0.717, 1.165) is 11.3 Å². The monoisotopic (exact) mass is 291 g/mol. The number of carbonyl (C=O) groups is 2. The predicted octanol–water partition coefficient (Wildman–Crippen LogP) is 0.316. The van der Waals surface area contributed by atoms with E-state index in [1.807, 2.05) is 25.1 Å². The van der Waals surface area contributed by atoms with Crippen LogP contribution < -0.4 is 25.4 Å². The van der Waals surface area contributed by atoms with Gasteiger partial charge in [0.2, 0.25) is 5.91 Å². The first-order chi connectivity index (χ1) is 10.1. The summed E-state index contributed by atoms with van der Waals surface area (Å²) in [5, 5.41) is 7.99. The summed E-state index contributed by atoms with van der Waals surface area (Å²) in [5.74, 6) is 1.20. The molecule has 2 aliphatic rings. The molecule has 1 aromatic rings. The number of nitrogens with one attached hydrogen (secondary N) is 3. The van der Waals surface area contributed by atoms with Gasteiger partial charge in [-0.3, -0.25) is 4.79 Å². The Kier molecular flexibility index (Phi) is 3.55. The predicted molar refractivity (Wildman–Crippen MR) is 74.3 cm³/mol. The van der Waals surface area contributed by atoms with Gasteiger partial charge in [-0.25, -0.2) is 4.79 Å². The second-order valence-electron chi connectivity index (χ2n) is 5.04. The van der Waals surface area contributed by atoms with Gasteiger partial charge in [-0.15, -0.1) is 0 Å². The number of hydrogen-bond acceptors (Lipinski definition) is 4. The number of urea groups is 1. The molecule has 3 rings (SSSR count). The highest BCUT2D eigenvalue weighted by molar-refractivity contribution is 5.90. The van der Waals surface area contributed by atoms with Crippen molar-refractivity contribution in [1.29, 1.82) is 0 Å².